The van der Waals surface area contributed by atoms with Crippen LogP contribution >= 0.6 is 0 Å². The number of nitrogens with zero attached hydrogens (tertiary/aromatic N) is 2. The summed E-state index contributed by atoms with van der Waals surface area (Å²) in [6.45, 7) is 5.45. The van der Waals surface area contributed by atoms with Crippen LogP contribution in [0.3, 0.4) is 0 Å². The molecule has 3 heterocycles. The van der Waals surface area contributed by atoms with Gasteiger partial charge >= 0.3 is 6.03 Å². The van der Waals surface area contributed by atoms with Crippen LogP contribution in [0.2, 0.25) is 0 Å². The van der Waals surface area contributed by atoms with Crippen molar-refractivity contribution in [2.75, 3.05) is 11.9 Å². The average Bonchev–Trinajstić information content (AvgIpc) is 3.22. The Bertz CT molecular complexity index is 779. The van der Waals surface area contributed by atoms with E-state index in [0.29, 0.717) is 6.54 Å². The summed E-state index contributed by atoms with van der Waals surface area (Å²) in [4.78, 5) is 14.7. The van der Waals surface area contributed by atoms with Crippen LogP contribution in [0.15, 0.2) is 24.3 Å². The van der Waals surface area contributed by atoms with E-state index in [1.165, 1.54) is 0 Å². The molecule has 1 aromatic carbocycles. The predicted octanol–water partition coefficient (Wildman–Crippen LogP) is 3.55. The van der Waals surface area contributed by atoms with E-state index in [-0.39, 0.29) is 18.2 Å². The van der Waals surface area contributed by atoms with E-state index < -0.39 is 0 Å². The van der Waals surface area contributed by atoms with E-state index in [9.17, 15) is 4.79 Å². The van der Waals surface area contributed by atoms with Gasteiger partial charge in [0.15, 0.2) is 0 Å². The minimum absolute atomic E-state index is 0.0649. The highest BCUT2D eigenvalue weighted by Crippen LogP contribution is 2.34. The number of fused-ring (bicyclic) bond motifs is 1. The number of ether oxygens (including phenoxy) is 1. The number of carbonyl (C=O) groups excluding carboxylic acids is 1. The van der Waals surface area contributed by atoms with Crippen molar-refractivity contribution in [1.29, 1.82) is 0 Å². The first-order chi connectivity index (χ1) is 12.1. The number of urea groups is 1. The second-order valence-electron chi connectivity index (χ2n) is 7.05. The number of aryl methyl sites for hydroxylation is 1. The number of amides is 2. The Morgan fingerprint density at radius 3 is 3.08 bits per heavy atom. The standard InChI is InChI=1S/C19H24N4O2/c1-12-5-3-6-14(9-12)20-19(24)23-11-15-16(10-13(23)2)21-22-18(15)17-7-4-8-25-17/h3,5-6,9,13,17H,4,7-8,10-11H2,1-2H3,(H,20,24)(H,21,22)/t13-,17?/m0/s1. The van der Waals surface area contributed by atoms with Crippen molar-refractivity contribution in [1.82, 2.24) is 15.1 Å². The van der Waals surface area contributed by atoms with Crippen molar-refractivity contribution >= 4 is 11.7 Å². The molecule has 0 saturated carbocycles. The van der Waals surface area contributed by atoms with Crippen LogP contribution in [-0.2, 0) is 17.7 Å². The molecule has 0 aliphatic carbocycles. The van der Waals surface area contributed by atoms with Gasteiger partial charge in [0.2, 0.25) is 0 Å². The Hall–Kier alpha value is -2.34. The minimum atomic E-state index is -0.0664. The zero-order valence-electron chi connectivity index (χ0n) is 14.7. The highest BCUT2D eigenvalue weighted by molar-refractivity contribution is 5.89. The van der Waals surface area contributed by atoms with Crippen molar-refractivity contribution in [3.63, 3.8) is 0 Å². The molecule has 0 spiro atoms. The van der Waals surface area contributed by atoms with E-state index in [1.807, 2.05) is 36.1 Å². The maximum absolute atomic E-state index is 12.8. The largest absolute Gasteiger partial charge is 0.372 e. The van der Waals surface area contributed by atoms with Gasteiger partial charge in [-0.1, -0.05) is 12.1 Å². The second-order valence-corrected chi connectivity index (χ2v) is 7.05. The van der Waals surface area contributed by atoms with E-state index in [4.69, 9.17) is 4.74 Å². The van der Waals surface area contributed by atoms with Crippen LogP contribution in [-0.4, -0.2) is 33.8 Å². The number of anilines is 1. The van der Waals surface area contributed by atoms with Gasteiger partial charge in [-0.3, -0.25) is 5.10 Å². The summed E-state index contributed by atoms with van der Waals surface area (Å²) in [7, 11) is 0. The number of H-pyrrole nitrogens is 1. The highest BCUT2D eigenvalue weighted by Gasteiger charge is 2.33. The molecule has 1 saturated heterocycles. The molecular weight excluding hydrogens is 316 g/mol. The van der Waals surface area contributed by atoms with E-state index in [2.05, 4.69) is 22.4 Å². The molecule has 2 aliphatic rings. The molecule has 2 atom stereocenters. The number of benzene rings is 1. The van der Waals surface area contributed by atoms with Crippen LogP contribution in [0.4, 0.5) is 10.5 Å². The van der Waals surface area contributed by atoms with Gasteiger partial charge in [0.1, 0.15) is 6.10 Å². The lowest BCUT2D eigenvalue weighted by atomic mass is 9.97. The lowest BCUT2D eigenvalue weighted by Crippen LogP contribution is -2.45. The van der Waals surface area contributed by atoms with Crippen LogP contribution < -0.4 is 5.32 Å². The number of carbonyl (C=O) groups is 1. The molecule has 1 unspecified atom stereocenters. The SMILES string of the molecule is Cc1cccc(NC(=O)N2Cc3c(C4CCCO4)n[nH]c3C[C@@H]2C)c1. The molecule has 6 nitrogen and oxygen atoms in total. The van der Waals surface area contributed by atoms with Gasteiger partial charge < -0.3 is 15.0 Å². The molecule has 6 heteroatoms. The maximum Gasteiger partial charge on any atom is 0.322 e. The van der Waals surface area contributed by atoms with Gasteiger partial charge in [-0.2, -0.15) is 5.10 Å². The molecular formula is C19H24N4O2. The number of aromatic nitrogens is 2. The molecule has 1 fully saturated rings. The van der Waals surface area contributed by atoms with Gasteiger partial charge in [-0.25, -0.2) is 4.79 Å². The van der Waals surface area contributed by atoms with Crippen molar-refractivity contribution in [2.45, 2.75) is 51.8 Å². The fraction of sp³-hybridized carbons (Fsp3) is 0.474. The Labute approximate surface area is 147 Å². The smallest absolute Gasteiger partial charge is 0.322 e. The molecule has 2 aromatic rings. The van der Waals surface area contributed by atoms with Crippen molar-refractivity contribution < 1.29 is 9.53 Å². The predicted molar refractivity (Wildman–Crippen MR) is 95.4 cm³/mol. The third-order valence-corrected chi connectivity index (χ3v) is 5.11. The molecule has 1 aromatic heterocycles. The zero-order valence-corrected chi connectivity index (χ0v) is 14.7. The summed E-state index contributed by atoms with van der Waals surface area (Å²) in [6, 6.07) is 7.92. The van der Waals surface area contributed by atoms with Crippen LogP contribution in [0.1, 0.15) is 48.4 Å². The average molecular weight is 340 g/mol. The van der Waals surface area contributed by atoms with Crippen molar-refractivity contribution in [3.05, 3.63) is 46.8 Å². The summed E-state index contributed by atoms with van der Waals surface area (Å²) >= 11 is 0. The lowest BCUT2D eigenvalue weighted by molar-refractivity contribution is 0.106. The van der Waals surface area contributed by atoms with Gasteiger partial charge in [-0.15, -0.1) is 0 Å². The molecule has 2 aliphatic heterocycles. The van der Waals surface area contributed by atoms with E-state index in [0.717, 1.165) is 54.1 Å². The summed E-state index contributed by atoms with van der Waals surface area (Å²) in [5.74, 6) is 0. The van der Waals surface area contributed by atoms with Gasteiger partial charge in [-0.05, 0) is 44.4 Å². The van der Waals surface area contributed by atoms with Gasteiger partial charge in [0.05, 0.1) is 12.2 Å². The summed E-state index contributed by atoms with van der Waals surface area (Å²) < 4.78 is 5.79. The maximum atomic E-state index is 12.8. The summed E-state index contributed by atoms with van der Waals surface area (Å²) in [5, 5.41) is 10.7. The highest BCUT2D eigenvalue weighted by atomic mass is 16.5. The summed E-state index contributed by atoms with van der Waals surface area (Å²) in [6.07, 6.45) is 2.92. The monoisotopic (exact) mass is 340 g/mol. The van der Waals surface area contributed by atoms with Crippen LogP contribution in [0.25, 0.3) is 0 Å². The molecule has 0 radical (unpaired) electrons. The first-order valence-electron chi connectivity index (χ1n) is 8.93. The Kier molecular flexibility index (Phi) is 4.21. The van der Waals surface area contributed by atoms with Crippen molar-refractivity contribution in [2.24, 2.45) is 0 Å². The topological polar surface area (TPSA) is 70.2 Å². The van der Waals surface area contributed by atoms with Gasteiger partial charge in [0, 0.05) is 36.0 Å². The number of rotatable bonds is 2. The first-order valence-corrected chi connectivity index (χ1v) is 8.93. The molecule has 4 rings (SSSR count). The molecule has 2 amide bonds. The van der Waals surface area contributed by atoms with E-state index >= 15 is 0 Å². The quantitative estimate of drug-likeness (QED) is 0.878. The molecule has 0 bridgehead atoms. The molecule has 25 heavy (non-hydrogen) atoms. The van der Waals surface area contributed by atoms with Crippen molar-refractivity contribution in [3.8, 4) is 0 Å². The Balaban J connectivity index is 1.53. The van der Waals surface area contributed by atoms with Gasteiger partial charge in [0.25, 0.3) is 0 Å². The van der Waals surface area contributed by atoms with E-state index in [1.54, 1.807) is 0 Å². The Morgan fingerprint density at radius 2 is 2.32 bits per heavy atom. The minimum Gasteiger partial charge on any atom is -0.372 e. The number of nitrogens with one attached hydrogen (secondary N) is 2. The third kappa shape index (κ3) is 3.14. The van der Waals surface area contributed by atoms with Crippen LogP contribution in [0.5, 0.6) is 0 Å². The van der Waals surface area contributed by atoms with Crippen LogP contribution in [0, 0.1) is 6.92 Å². The number of aromatic amines is 1. The third-order valence-electron chi connectivity index (χ3n) is 5.11. The molecule has 132 valence electrons. The first kappa shape index (κ1) is 16.1. The number of hydrogen-bond acceptors (Lipinski definition) is 3. The second kappa shape index (κ2) is 6.52. The molecule has 2 N–H and O–H groups in total. The Morgan fingerprint density at radius 1 is 1.44 bits per heavy atom. The lowest BCUT2D eigenvalue weighted by Gasteiger charge is -2.33. The number of hydrogen-bond donors (Lipinski definition) is 2. The summed E-state index contributed by atoms with van der Waals surface area (Å²) in [5.41, 5.74) is 5.20. The normalized spacial score (nSPS) is 22.7. The fourth-order valence-corrected chi connectivity index (χ4v) is 3.74. The fourth-order valence-electron chi connectivity index (χ4n) is 3.74. The zero-order chi connectivity index (χ0) is 17.4.